The Morgan fingerprint density at radius 1 is 0.852 bits per heavy atom. The smallest absolute Gasteiger partial charge is 0.255 e. The summed E-state index contributed by atoms with van der Waals surface area (Å²) in [6.07, 6.45) is 3.32. The van der Waals surface area contributed by atoms with Crippen molar-refractivity contribution in [1.82, 2.24) is 9.55 Å². The second kappa shape index (κ2) is 7.09. The normalized spacial score (nSPS) is 11.9. The number of hydrogen-bond acceptors (Lipinski definition) is 3. The van der Waals surface area contributed by atoms with Crippen molar-refractivity contribution in [1.29, 1.82) is 0 Å². The Balaban J connectivity index is 1.53. The average molecular weight is 375 g/mol. The molecule has 27 heavy (non-hydrogen) atoms. The summed E-state index contributed by atoms with van der Waals surface area (Å²) in [5.41, 5.74) is 4.14. The first kappa shape index (κ1) is 17.1. The Hall–Kier alpha value is -3.38. The average Bonchev–Trinajstić information content (AvgIpc) is 3.12. The van der Waals surface area contributed by atoms with Crippen LogP contribution < -0.4 is 4.72 Å². The molecule has 0 saturated heterocycles. The van der Waals surface area contributed by atoms with Gasteiger partial charge in [-0.1, -0.05) is 42.5 Å². The van der Waals surface area contributed by atoms with Gasteiger partial charge in [0.05, 0.1) is 16.4 Å². The fourth-order valence-electron chi connectivity index (χ4n) is 2.79. The number of fused-ring (bicyclic) bond motifs is 1. The van der Waals surface area contributed by atoms with Crippen LogP contribution in [0.15, 0.2) is 90.6 Å². The lowest BCUT2D eigenvalue weighted by atomic mass is 10.2. The van der Waals surface area contributed by atoms with Gasteiger partial charge in [0.25, 0.3) is 10.0 Å². The molecule has 0 aliphatic heterocycles. The quantitative estimate of drug-likeness (QED) is 0.561. The Morgan fingerprint density at radius 2 is 1.56 bits per heavy atom. The molecule has 3 aromatic carbocycles. The van der Waals surface area contributed by atoms with Crippen LogP contribution in [0.1, 0.15) is 5.56 Å². The van der Waals surface area contributed by atoms with Gasteiger partial charge in [0.15, 0.2) is 0 Å². The van der Waals surface area contributed by atoms with Gasteiger partial charge in [-0.05, 0) is 48.0 Å². The maximum Gasteiger partial charge on any atom is 0.255 e. The van der Waals surface area contributed by atoms with Crippen molar-refractivity contribution in [2.24, 2.45) is 0 Å². The fraction of sp³-hybridized carbons (Fsp3) is 0. The van der Waals surface area contributed by atoms with E-state index in [4.69, 9.17) is 0 Å². The minimum Gasteiger partial charge on any atom is -0.299 e. The number of hydrogen-bond donors (Lipinski definition) is 1. The first-order valence-corrected chi connectivity index (χ1v) is 9.94. The molecule has 1 heterocycles. The predicted molar refractivity (Wildman–Crippen MR) is 109 cm³/mol. The highest BCUT2D eigenvalue weighted by Gasteiger charge is 2.07. The van der Waals surface area contributed by atoms with Gasteiger partial charge in [0.2, 0.25) is 0 Å². The number of sulfonamides is 1. The van der Waals surface area contributed by atoms with E-state index in [1.54, 1.807) is 24.5 Å². The highest BCUT2D eigenvalue weighted by atomic mass is 32.2. The van der Waals surface area contributed by atoms with Gasteiger partial charge < -0.3 is 0 Å². The number of nitrogens with zero attached hydrogens (tertiary/aromatic N) is 2. The Morgan fingerprint density at radius 3 is 2.33 bits per heavy atom. The van der Waals surface area contributed by atoms with E-state index in [1.165, 1.54) is 5.41 Å². The second-order valence-corrected chi connectivity index (χ2v) is 7.58. The third-order valence-corrected chi connectivity index (χ3v) is 5.11. The molecule has 0 bridgehead atoms. The molecule has 134 valence electrons. The molecule has 0 fully saturated rings. The Kier molecular flexibility index (Phi) is 4.48. The number of nitrogens with one attached hydrogen (secondary N) is 1. The van der Waals surface area contributed by atoms with Crippen molar-refractivity contribution in [2.45, 2.75) is 0 Å². The molecule has 0 amide bonds. The maximum absolute atomic E-state index is 12.2. The minimum atomic E-state index is -3.58. The van der Waals surface area contributed by atoms with Gasteiger partial charge in [-0.15, -0.1) is 0 Å². The summed E-state index contributed by atoms with van der Waals surface area (Å²) in [6, 6.07) is 24.3. The van der Waals surface area contributed by atoms with Crippen molar-refractivity contribution >= 4 is 32.8 Å². The number of benzene rings is 3. The number of anilines is 1. The first-order chi connectivity index (χ1) is 13.1. The molecule has 1 N–H and O–H groups in total. The lowest BCUT2D eigenvalue weighted by molar-refractivity contribution is 0.609. The number of rotatable bonds is 5. The third-order valence-electron chi connectivity index (χ3n) is 4.10. The molecule has 6 heteroatoms. The first-order valence-electron chi connectivity index (χ1n) is 8.39. The van der Waals surface area contributed by atoms with Crippen molar-refractivity contribution in [3.8, 4) is 5.69 Å². The molecule has 4 rings (SSSR count). The molecule has 1 aromatic heterocycles. The second-order valence-electron chi connectivity index (χ2n) is 6.01. The monoisotopic (exact) mass is 375 g/mol. The topological polar surface area (TPSA) is 64.0 Å². The van der Waals surface area contributed by atoms with Crippen molar-refractivity contribution in [2.75, 3.05) is 4.72 Å². The van der Waals surface area contributed by atoms with Gasteiger partial charge in [-0.2, -0.15) is 0 Å². The van der Waals surface area contributed by atoms with E-state index in [0.29, 0.717) is 5.69 Å². The highest BCUT2D eigenvalue weighted by molar-refractivity contribution is 7.95. The van der Waals surface area contributed by atoms with Crippen LogP contribution in [-0.2, 0) is 10.0 Å². The number of para-hydroxylation sites is 2. The standard InChI is InChI=1S/C21H17N3O2S/c25-27(26,15-14-17-6-2-1-3-7-17)23-18-10-12-19(13-11-18)24-16-22-20-8-4-5-9-21(20)24/h1-16,23H/b15-14+. The third kappa shape index (κ3) is 3.91. The molecule has 0 aliphatic carbocycles. The van der Waals surface area contributed by atoms with Gasteiger partial charge >= 0.3 is 0 Å². The van der Waals surface area contributed by atoms with Crippen molar-refractivity contribution < 1.29 is 8.42 Å². The van der Waals surface area contributed by atoms with E-state index in [2.05, 4.69) is 9.71 Å². The van der Waals surface area contributed by atoms with Gasteiger partial charge in [-0.3, -0.25) is 9.29 Å². The molecule has 5 nitrogen and oxygen atoms in total. The maximum atomic E-state index is 12.2. The lowest BCUT2D eigenvalue weighted by Gasteiger charge is -2.07. The minimum absolute atomic E-state index is 0.501. The molecule has 0 unspecified atom stereocenters. The number of imidazole rings is 1. The summed E-state index contributed by atoms with van der Waals surface area (Å²) in [5, 5.41) is 1.17. The lowest BCUT2D eigenvalue weighted by Crippen LogP contribution is -2.08. The summed E-state index contributed by atoms with van der Waals surface area (Å²) < 4.78 is 29.0. The van der Waals surface area contributed by atoms with Crippen LogP contribution in [0.25, 0.3) is 22.8 Å². The van der Waals surface area contributed by atoms with Gasteiger partial charge in [-0.25, -0.2) is 13.4 Å². The van der Waals surface area contributed by atoms with Crippen LogP contribution in [-0.4, -0.2) is 18.0 Å². The van der Waals surface area contributed by atoms with Crippen LogP contribution in [0.2, 0.25) is 0 Å². The summed E-state index contributed by atoms with van der Waals surface area (Å²) in [6.45, 7) is 0. The van der Waals surface area contributed by atoms with Gasteiger partial charge in [0, 0.05) is 11.4 Å². The van der Waals surface area contributed by atoms with Crippen LogP contribution in [0, 0.1) is 0 Å². The van der Waals surface area contributed by atoms with Crippen LogP contribution in [0.5, 0.6) is 0 Å². The van der Waals surface area contributed by atoms with E-state index < -0.39 is 10.0 Å². The van der Waals surface area contributed by atoms with Crippen LogP contribution >= 0.6 is 0 Å². The van der Waals surface area contributed by atoms with Gasteiger partial charge in [0.1, 0.15) is 6.33 Å². The summed E-state index contributed by atoms with van der Waals surface area (Å²) in [5.74, 6) is 0. The van der Waals surface area contributed by atoms with Crippen molar-refractivity contribution in [3.05, 3.63) is 96.2 Å². The fourth-order valence-corrected chi connectivity index (χ4v) is 3.65. The molecule has 0 aliphatic rings. The van der Waals surface area contributed by atoms with E-state index >= 15 is 0 Å². The molecule has 0 radical (unpaired) electrons. The highest BCUT2D eigenvalue weighted by Crippen LogP contribution is 2.20. The summed E-state index contributed by atoms with van der Waals surface area (Å²) in [7, 11) is -3.58. The SMILES string of the molecule is O=S(=O)(/C=C/c1ccccc1)Nc1ccc(-n2cnc3ccccc32)cc1. The zero-order valence-corrected chi connectivity index (χ0v) is 15.2. The number of aromatic nitrogens is 2. The summed E-state index contributed by atoms with van der Waals surface area (Å²) >= 11 is 0. The van der Waals surface area contributed by atoms with Crippen LogP contribution in [0.4, 0.5) is 5.69 Å². The van der Waals surface area contributed by atoms with Crippen LogP contribution in [0.3, 0.4) is 0 Å². The zero-order chi connectivity index (χ0) is 18.7. The molecular formula is C21H17N3O2S. The van der Waals surface area contributed by atoms with E-state index in [1.807, 2.05) is 71.3 Å². The van der Waals surface area contributed by atoms with Crippen molar-refractivity contribution in [3.63, 3.8) is 0 Å². The Labute approximate surface area is 157 Å². The molecule has 4 aromatic rings. The predicted octanol–water partition coefficient (Wildman–Crippen LogP) is 4.44. The zero-order valence-electron chi connectivity index (χ0n) is 14.4. The van der Waals surface area contributed by atoms with E-state index in [0.717, 1.165) is 22.3 Å². The summed E-state index contributed by atoms with van der Waals surface area (Å²) in [4.78, 5) is 4.37. The molecule has 0 spiro atoms. The molecule has 0 atom stereocenters. The van der Waals surface area contributed by atoms with E-state index in [9.17, 15) is 8.42 Å². The molecule has 0 saturated carbocycles. The van der Waals surface area contributed by atoms with E-state index in [-0.39, 0.29) is 0 Å². The largest absolute Gasteiger partial charge is 0.299 e. The molecular weight excluding hydrogens is 358 g/mol. The Bertz CT molecular complexity index is 1200.